The Bertz CT molecular complexity index is 702. The van der Waals surface area contributed by atoms with Gasteiger partial charge in [-0.15, -0.1) is 0 Å². The summed E-state index contributed by atoms with van der Waals surface area (Å²) >= 11 is 0. The van der Waals surface area contributed by atoms with Crippen molar-refractivity contribution in [2.24, 2.45) is 7.05 Å². The lowest BCUT2D eigenvalue weighted by molar-refractivity contribution is -0.126. The van der Waals surface area contributed by atoms with E-state index >= 15 is 0 Å². The van der Waals surface area contributed by atoms with E-state index < -0.39 is 22.3 Å². The average Bonchev–Trinajstić information content (AvgIpc) is 2.80. The van der Waals surface area contributed by atoms with Crippen LogP contribution in [0.15, 0.2) is 6.20 Å². The Morgan fingerprint density at radius 1 is 1.54 bits per heavy atom. The predicted octanol–water partition coefficient (Wildman–Crippen LogP) is -0.541. The van der Waals surface area contributed by atoms with Gasteiger partial charge in [0.25, 0.3) is 10.2 Å². The van der Waals surface area contributed by atoms with Crippen molar-refractivity contribution in [2.75, 3.05) is 20.8 Å². The molecule has 1 fully saturated rings. The minimum absolute atomic E-state index is 0.202. The van der Waals surface area contributed by atoms with E-state index in [1.54, 1.807) is 32.0 Å². The summed E-state index contributed by atoms with van der Waals surface area (Å²) in [6.07, 6.45) is 2.10. The van der Waals surface area contributed by atoms with Gasteiger partial charge in [0.2, 0.25) is 5.91 Å². The summed E-state index contributed by atoms with van der Waals surface area (Å²) in [6.45, 7) is 3.98. The van der Waals surface area contributed by atoms with Crippen molar-refractivity contribution < 1.29 is 17.9 Å². The fourth-order valence-electron chi connectivity index (χ4n) is 2.90. The first-order valence-electron chi connectivity index (χ1n) is 7.70. The normalized spacial score (nSPS) is 25.4. The van der Waals surface area contributed by atoms with Crippen molar-refractivity contribution in [1.29, 1.82) is 0 Å². The van der Waals surface area contributed by atoms with Crippen LogP contribution in [-0.2, 0) is 26.8 Å². The molecule has 9 nitrogen and oxygen atoms in total. The van der Waals surface area contributed by atoms with Crippen molar-refractivity contribution in [3.63, 3.8) is 0 Å². The molecule has 10 heteroatoms. The number of carbonyl (C=O) groups excluding carboxylic acids is 1. The summed E-state index contributed by atoms with van der Waals surface area (Å²) in [7, 11) is 0.969. The molecule has 1 aromatic rings. The van der Waals surface area contributed by atoms with Crippen LogP contribution < -0.4 is 10.0 Å². The zero-order chi connectivity index (χ0) is 18.1. The second-order valence-electron chi connectivity index (χ2n) is 6.15. The Hall–Kier alpha value is -1.49. The van der Waals surface area contributed by atoms with Gasteiger partial charge in [-0.3, -0.25) is 9.48 Å². The van der Waals surface area contributed by atoms with E-state index in [0.29, 0.717) is 13.0 Å². The van der Waals surface area contributed by atoms with Crippen molar-refractivity contribution in [2.45, 2.75) is 38.4 Å². The first-order chi connectivity index (χ1) is 11.2. The highest BCUT2D eigenvalue weighted by molar-refractivity contribution is 7.87. The molecule has 0 spiro atoms. The highest BCUT2D eigenvalue weighted by atomic mass is 32.2. The third-order valence-electron chi connectivity index (χ3n) is 4.10. The van der Waals surface area contributed by atoms with E-state index in [-0.39, 0.29) is 11.9 Å². The number of ether oxygens (including phenoxy) is 1. The second kappa shape index (κ2) is 7.18. The number of methoxy groups -OCH3 is 1. The van der Waals surface area contributed by atoms with E-state index in [4.69, 9.17) is 4.74 Å². The topological polar surface area (TPSA) is 106 Å². The summed E-state index contributed by atoms with van der Waals surface area (Å²) in [4.78, 5) is 12.5. The number of amides is 1. The maximum atomic E-state index is 12.5. The lowest BCUT2D eigenvalue weighted by atomic mass is 10.00. The molecule has 0 saturated carbocycles. The van der Waals surface area contributed by atoms with Crippen molar-refractivity contribution in [3.8, 4) is 0 Å². The van der Waals surface area contributed by atoms with Crippen molar-refractivity contribution in [1.82, 2.24) is 24.1 Å². The number of hydrogen-bond donors (Lipinski definition) is 2. The number of rotatable bonds is 5. The van der Waals surface area contributed by atoms with E-state index in [0.717, 1.165) is 15.6 Å². The van der Waals surface area contributed by atoms with Crippen molar-refractivity contribution >= 4 is 16.1 Å². The lowest BCUT2D eigenvalue weighted by Gasteiger charge is -2.36. The minimum Gasteiger partial charge on any atom is -0.383 e. The molecule has 136 valence electrons. The van der Waals surface area contributed by atoms with Gasteiger partial charge < -0.3 is 10.1 Å². The number of nitrogens with zero attached hydrogens (tertiary/aromatic N) is 3. The summed E-state index contributed by atoms with van der Waals surface area (Å²) in [5.74, 6) is -0.335. The largest absolute Gasteiger partial charge is 0.383 e. The number of nitrogens with one attached hydrogen (secondary N) is 2. The zero-order valence-corrected chi connectivity index (χ0v) is 15.4. The molecule has 0 aromatic carbocycles. The highest BCUT2D eigenvalue weighted by Gasteiger charge is 2.41. The van der Waals surface area contributed by atoms with Gasteiger partial charge in [-0.1, -0.05) is 0 Å². The van der Waals surface area contributed by atoms with Crippen LogP contribution in [0.3, 0.4) is 0 Å². The summed E-state index contributed by atoms with van der Waals surface area (Å²) in [5, 5.41) is 7.04. The molecular formula is C14H25N5O4S. The Labute approximate surface area is 142 Å². The zero-order valence-electron chi connectivity index (χ0n) is 14.6. The van der Waals surface area contributed by atoms with E-state index in [1.807, 2.05) is 6.92 Å². The molecule has 0 bridgehead atoms. The molecule has 24 heavy (non-hydrogen) atoms. The van der Waals surface area contributed by atoms with Gasteiger partial charge in [-0.2, -0.15) is 22.5 Å². The van der Waals surface area contributed by atoms with Crippen LogP contribution in [0.25, 0.3) is 0 Å². The summed E-state index contributed by atoms with van der Waals surface area (Å²) < 4.78 is 35.1. The van der Waals surface area contributed by atoms with Gasteiger partial charge in [-0.25, -0.2) is 0 Å². The fraction of sp³-hybridized carbons (Fsp3) is 0.714. The number of likely N-dealkylation sites (N-methyl/N-ethyl adjacent to an activating group) is 1. The molecule has 3 atom stereocenters. The molecule has 2 N–H and O–H groups in total. The molecular weight excluding hydrogens is 334 g/mol. The number of hydrogen-bond acceptors (Lipinski definition) is 5. The van der Waals surface area contributed by atoms with Crippen LogP contribution in [0.1, 0.15) is 30.6 Å². The number of aromatic nitrogens is 2. The summed E-state index contributed by atoms with van der Waals surface area (Å²) in [5.41, 5.74) is 1.51. The fourth-order valence-corrected chi connectivity index (χ4v) is 4.17. The monoisotopic (exact) mass is 359 g/mol. The maximum Gasteiger partial charge on any atom is 0.280 e. The Morgan fingerprint density at radius 2 is 2.21 bits per heavy atom. The molecule has 2 rings (SSSR count). The standard InChI is InChI=1S/C14H25N5O4S/c1-9(8-23-5)15-14(20)13-6-12(17-24(21,22)19(13)4)11-7-18(3)16-10(11)2/h7,9,12-13,17H,6,8H2,1-5H3,(H,15,20)/t9-,12-,13-/m0/s1. The van der Waals surface area contributed by atoms with Crippen LogP contribution in [0, 0.1) is 6.92 Å². The SMILES string of the molecule is COC[C@H](C)NC(=O)[C@@H]1C[C@@H](c2cn(C)nc2C)NS(=O)(=O)N1C. The smallest absolute Gasteiger partial charge is 0.280 e. The third-order valence-corrected chi connectivity index (χ3v) is 5.70. The van der Waals surface area contributed by atoms with Crippen LogP contribution >= 0.6 is 0 Å². The van der Waals surface area contributed by atoms with Crippen molar-refractivity contribution in [3.05, 3.63) is 17.5 Å². The Morgan fingerprint density at radius 3 is 2.75 bits per heavy atom. The molecule has 0 unspecified atom stereocenters. The third kappa shape index (κ3) is 3.94. The van der Waals surface area contributed by atoms with Crippen LogP contribution in [0.5, 0.6) is 0 Å². The highest BCUT2D eigenvalue weighted by Crippen LogP contribution is 2.29. The van der Waals surface area contributed by atoms with Crippen LogP contribution in [-0.4, -0.2) is 61.3 Å². The van der Waals surface area contributed by atoms with Gasteiger partial charge in [0.15, 0.2) is 0 Å². The van der Waals surface area contributed by atoms with Crippen LogP contribution in [0.2, 0.25) is 0 Å². The van der Waals surface area contributed by atoms with E-state index in [1.165, 1.54) is 7.05 Å². The Kier molecular flexibility index (Phi) is 5.63. The molecule has 1 aromatic heterocycles. The molecule has 2 heterocycles. The lowest BCUT2D eigenvalue weighted by Crippen LogP contribution is -2.58. The molecule has 1 amide bonds. The second-order valence-corrected chi connectivity index (χ2v) is 7.91. The van der Waals surface area contributed by atoms with Gasteiger partial charge in [-0.05, 0) is 20.3 Å². The molecule has 0 aliphatic carbocycles. The van der Waals surface area contributed by atoms with Gasteiger partial charge in [0.05, 0.1) is 18.3 Å². The Balaban J connectivity index is 2.24. The van der Waals surface area contributed by atoms with E-state index in [9.17, 15) is 13.2 Å². The van der Waals surface area contributed by atoms with E-state index in [2.05, 4.69) is 15.1 Å². The average molecular weight is 359 g/mol. The van der Waals surface area contributed by atoms with Gasteiger partial charge in [0.1, 0.15) is 6.04 Å². The quantitative estimate of drug-likeness (QED) is 0.734. The predicted molar refractivity (Wildman–Crippen MR) is 88.4 cm³/mol. The molecule has 1 aliphatic heterocycles. The number of aryl methyl sites for hydroxylation is 2. The minimum atomic E-state index is -3.75. The van der Waals surface area contributed by atoms with Gasteiger partial charge >= 0.3 is 0 Å². The summed E-state index contributed by atoms with van der Waals surface area (Å²) in [6, 6.07) is -1.49. The maximum absolute atomic E-state index is 12.5. The molecule has 1 saturated heterocycles. The molecule has 0 radical (unpaired) electrons. The van der Waals surface area contributed by atoms with Gasteiger partial charge in [0, 0.05) is 39.0 Å². The first kappa shape index (κ1) is 18.8. The molecule has 1 aliphatic rings. The first-order valence-corrected chi connectivity index (χ1v) is 9.14. The van der Waals surface area contributed by atoms with Crippen LogP contribution in [0.4, 0.5) is 0 Å². The number of carbonyl (C=O) groups is 1.